The molecule has 0 radical (unpaired) electrons. The van der Waals surface area contributed by atoms with Crippen molar-refractivity contribution in [2.75, 3.05) is 19.7 Å². The zero-order valence-corrected chi connectivity index (χ0v) is 15.0. The summed E-state index contributed by atoms with van der Waals surface area (Å²) in [6.45, 7) is 1.71. The third-order valence-corrected chi connectivity index (χ3v) is 4.54. The van der Waals surface area contributed by atoms with Gasteiger partial charge in [0.1, 0.15) is 5.82 Å². The lowest BCUT2D eigenvalue weighted by Gasteiger charge is -2.11. The van der Waals surface area contributed by atoms with E-state index in [4.69, 9.17) is 4.74 Å². The molecule has 1 unspecified atom stereocenters. The van der Waals surface area contributed by atoms with E-state index in [2.05, 4.69) is 10.6 Å². The van der Waals surface area contributed by atoms with E-state index in [-0.39, 0.29) is 23.7 Å². The molecule has 2 aromatic rings. The fourth-order valence-corrected chi connectivity index (χ4v) is 2.96. The van der Waals surface area contributed by atoms with Crippen molar-refractivity contribution < 1.29 is 18.7 Å². The van der Waals surface area contributed by atoms with Crippen molar-refractivity contribution in [1.82, 2.24) is 10.6 Å². The Hall–Kier alpha value is -2.73. The van der Waals surface area contributed by atoms with Crippen molar-refractivity contribution in [3.63, 3.8) is 0 Å². The second-order valence-corrected chi connectivity index (χ2v) is 6.55. The number of benzene rings is 2. The predicted octanol–water partition coefficient (Wildman–Crippen LogP) is 2.71. The van der Waals surface area contributed by atoms with Gasteiger partial charge in [0.25, 0.3) is 11.8 Å². The second-order valence-electron chi connectivity index (χ2n) is 6.55. The highest BCUT2D eigenvalue weighted by atomic mass is 19.1. The Morgan fingerprint density at radius 2 is 1.59 bits per heavy atom. The van der Waals surface area contributed by atoms with Crippen LogP contribution in [0.15, 0.2) is 48.5 Å². The van der Waals surface area contributed by atoms with Crippen molar-refractivity contribution in [2.24, 2.45) is 0 Å². The monoisotopic (exact) mass is 370 g/mol. The molecule has 1 aliphatic rings. The first-order valence-corrected chi connectivity index (χ1v) is 9.14. The molecule has 142 valence electrons. The zero-order chi connectivity index (χ0) is 19.1. The van der Waals surface area contributed by atoms with Gasteiger partial charge in [-0.3, -0.25) is 9.59 Å². The average Bonchev–Trinajstić information content (AvgIpc) is 3.21. The summed E-state index contributed by atoms with van der Waals surface area (Å²) in [7, 11) is 0. The lowest BCUT2D eigenvalue weighted by atomic mass is 10.1. The molecule has 1 atom stereocenters. The van der Waals surface area contributed by atoms with E-state index in [1.54, 1.807) is 36.4 Å². The van der Waals surface area contributed by atoms with E-state index in [1.807, 2.05) is 0 Å². The van der Waals surface area contributed by atoms with Crippen LogP contribution in [-0.4, -0.2) is 37.6 Å². The van der Waals surface area contributed by atoms with Crippen molar-refractivity contribution in [1.29, 1.82) is 0 Å². The van der Waals surface area contributed by atoms with Crippen LogP contribution in [-0.2, 0) is 11.2 Å². The Morgan fingerprint density at radius 3 is 2.19 bits per heavy atom. The molecule has 2 aromatic carbocycles. The van der Waals surface area contributed by atoms with Gasteiger partial charge in [-0.15, -0.1) is 0 Å². The van der Waals surface area contributed by atoms with Crippen LogP contribution in [0.2, 0.25) is 0 Å². The summed E-state index contributed by atoms with van der Waals surface area (Å²) >= 11 is 0. The molecule has 0 aliphatic carbocycles. The summed E-state index contributed by atoms with van der Waals surface area (Å²) in [4.78, 5) is 24.3. The van der Waals surface area contributed by atoms with Crippen molar-refractivity contribution >= 4 is 11.8 Å². The van der Waals surface area contributed by atoms with Crippen LogP contribution >= 0.6 is 0 Å². The Balaban J connectivity index is 1.44. The Bertz CT molecular complexity index is 769. The van der Waals surface area contributed by atoms with Crippen LogP contribution in [0.5, 0.6) is 0 Å². The van der Waals surface area contributed by atoms with Crippen LogP contribution in [0.4, 0.5) is 4.39 Å². The highest BCUT2D eigenvalue weighted by molar-refractivity contribution is 5.97. The summed E-state index contributed by atoms with van der Waals surface area (Å²) in [6, 6.07) is 12.7. The number of amides is 2. The quantitative estimate of drug-likeness (QED) is 0.788. The lowest BCUT2D eigenvalue weighted by Crippen LogP contribution is -2.31. The van der Waals surface area contributed by atoms with Crippen LogP contribution in [0, 0.1) is 5.82 Å². The molecule has 0 bridgehead atoms. The predicted molar refractivity (Wildman–Crippen MR) is 100 cm³/mol. The third-order valence-electron chi connectivity index (χ3n) is 4.54. The summed E-state index contributed by atoms with van der Waals surface area (Å²) in [5, 5.41) is 5.68. The maximum absolute atomic E-state index is 12.9. The normalized spacial score (nSPS) is 16.1. The molecule has 0 saturated carbocycles. The molecule has 1 heterocycles. The van der Waals surface area contributed by atoms with Gasteiger partial charge in [-0.1, -0.05) is 12.1 Å². The van der Waals surface area contributed by atoms with E-state index >= 15 is 0 Å². The zero-order valence-electron chi connectivity index (χ0n) is 15.0. The van der Waals surface area contributed by atoms with E-state index in [1.165, 1.54) is 12.1 Å². The van der Waals surface area contributed by atoms with Crippen LogP contribution in [0.25, 0.3) is 0 Å². The first-order chi connectivity index (χ1) is 13.1. The van der Waals surface area contributed by atoms with Gasteiger partial charge in [0, 0.05) is 30.8 Å². The Morgan fingerprint density at radius 1 is 0.963 bits per heavy atom. The lowest BCUT2D eigenvalue weighted by molar-refractivity contribution is 0.0857. The maximum Gasteiger partial charge on any atom is 0.251 e. The number of ether oxygens (including phenoxy) is 1. The maximum atomic E-state index is 12.9. The second kappa shape index (κ2) is 9.28. The molecule has 0 spiro atoms. The van der Waals surface area contributed by atoms with Gasteiger partial charge in [-0.05, 0) is 61.2 Å². The number of rotatable bonds is 7. The highest BCUT2D eigenvalue weighted by Crippen LogP contribution is 2.11. The van der Waals surface area contributed by atoms with E-state index in [0.29, 0.717) is 30.6 Å². The minimum Gasteiger partial charge on any atom is -0.376 e. The van der Waals surface area contributed by atoms with Gasteiger partial charge >= 0.3 is 0 Å². The molecule has 0 aromatic heterocycles. The van der Waals surface area contributed by atoms with Crippen molar-refractivity contribution in [3.05, 3.63) is 71.0 Å². The van der Waals surface area contributed by atoms with Gasteiger partial charge < -0.3 is 15.4 Å². The van der Waals surface area contributed by atoms with Crippen LogP contribution in [0.3, 0.4) is 0 Å². The number of hydrogen-bond acceptors (Lipinski definition) is 3. The minimum absolute atomic E-state index is 0.0973. The smallest absolute Gasteiger partial charge is 0.251 e. The fraction of sp³-hybridized carbons (Fsp3) is 0.333. The van der Waals surface area contributed by atoms with Crippen LogP contribution < -0.4 is 10.6 Å². The molecule has 1 aliphatic heterocycles. The minimum atomic E-state index is -0.275. The Labute approximate surface area is 157 Å². The molecule has 3 rings (SSSR count). The van der Waals surface area contributed by atoms with E-state index < -0.39 is 0 Å². The molecule has 5 nitrogen and oxygen atoms in total. The largest absolute Gasteiger partial charge is 0.376 e. The standard InChI is InChI=1S/C21H23FN2O3/c22-18-9-3-15(4-10-18)11-12-23-20(25)16-5-7-17(8-6-16)21(26)24-14-19-2-1-13-27-19/h3-10,19H,1-2,11-14H2,(H,23,25)(H,24,26). The number of hydrogen-bond donors (Lipinski definition) is 2. The molecule has 2 N–H and O–H groups in total. The number of carbonyl (C=O) groups is 2. The molecule has 1 fully saturated rings. The highest BCUT2D eigenvalue weighted by Gasteiger charge is 2.16. The van der Waals surface area contributed by atoms with Gasteiger partial charge in [0.2, 0.25) is 0 Å². The van der Waals surface area contributed by atoms with Gasteiger partial charge in [-0.2, -0.15) is 0 Å². The third kappa shape index (κ3) is 5.62. The molecule has 27 heavy (non-hydrogen) atoms. The topological polar surface area (TPSA) is 67.4 Å². The molecular formula is C21H23FN2O3. The van der Waals surface area contributed by atoms with Crippen molar-refractivity contribution in [2.45, 2.75) is 25.4 Å². The van der Waals surface area contributed by atoms with Crippen molar-refractivity contribution in [3.8, 4) is 0 Å². The fourth-order valence-electron chi connectivity index (χ4n) is 2.96. The SMILES string of the molecule is O=C(NCCc1ccc(F)cc1)c1ccc(C(=O)NCC2CCCO2)cc1. The average molecular weight is 370 g/mol. The molecule has 2 amide bonds. The summed E-state index contributed by atoms with van der Waals surface area (Å²) in [5.74, 6) is -0.653. The molecular weight excluding hydrogens is 347 g/mol. The summed E-state index contributed by atoms with van der Waals surface area (Å²) in [5.41, 5.74) is 1.95. The first kappa shape index (κ1) is 19.0. The van der Waals surface area contributed by atoms with E-state index in [0.717, 1.165) is 25.0 Å². The number of halogens is 1. The summed E-state index contributed by atoms with van der Waals surface area (Å²) in [6.07, 6.45) is 2.72. The van der Waals surface area contributed by atoms with E-state index in [9.17, 15) is 14.0 Å². The van der Waals surface area contributed by atoms with Gasteiger partial charge in [0.15, 0.2) is 0 Å². The van der Waals surface area contributed by atoms with Crippen LogP contribution in [0.1, 0.15) is 39.1 Å². The molecule has 6 heteroatoms. The summed E-state index contributed by atoms with van der Waals surface area (Å²) < 4.78 is 18.3. The van der Waals surface area contributed by atoms with Gasteiger partial charge in [0.05, 0.1) is 6.10 Å². The molecule has 1 saturated heterocycles. The first-order valence-electron chi connectivity index (χ1n) is 9.14. The van der Waals surface area contributed by atoms with Gasteiger partial charge in [-0.25, -0.2) is 4.39 Å². The number of nitrogens with one attached hydrogen (secondary N) is 2. The Kier molecular flexibility index (Phi) is 6.54. The number of carbonyl (C=O) groups excluding carboxylic acids is 2.